The number of piperidine rings is 1. The summed E-state index contributed by atoms with van der Waals surface area (Å²) in [5.74, 6) is -0.404. The molecule has 4 rings (SSSR count). The van der Waals surface area contributed by atoms with Crippen LogP contribution < -0.4 is 5.73 Å². The highest BCUT2D eigenvalue weighted by Crippen LogP contribution is 2.33. The number of aryl methyl sites for hydroxylation is 1. The fraction of sp³-hybridized carbons (Fsp3) is 0.292. The summed E-state index contributed by atoms with van der Waals surface area (Å²) in [5.41, 5.74) is 8.96. The Labute approximate surface area is 179 Å². The Morgan fingerprint density at radius 3 is 2.71 bits per heavy atom. The van der Waals surface area contributed by atoms with Crippen molar-refractivity contribution in [2.75, 3.05) is 18.8 Å². The number of benzene rings is 2. The predicted molar refractivity (Wildman–Crippen MR) is 115 cm³/mol. The maximum atomic E-state index is 13.8. The van der Waals surface area contributed by atoms with Crippen molar-refractivity contribution in [3.8, 4) is 11.1 Å². The lowest BCUT2D eigenvalue weighted by atomic mass is 9.89. The molecular weight excluding hydrogens is 398 g/mol. The summed E-state index contributed by atoms with van der Waals surface area (Å²) in [4.78, 5) is 23.2. The van der Waals surface area contributed by atoms with Crippen LogP contribution in [0.3, 0.4) is 0 Å². The minimum absolute atomic E-state index is 0.00733. The van der Waals surface area contributed by atoms with E-state index in [-0.39, 0.29) is 29.4 Å². The largest absolute Gasteiger partial charge is 0.368 e. The van der Waals surface area contributed by atoms with Crippen molar-refractivity contribution in [2.45, 2.75) is 31.6 Å². The number of hydrogen-bond acceptors (Lipinski definition) is 4. The summed E-state index contributed by atoms with van der Waals surface area (Å²) in [6, 6.07) is 12.5. The summed E-state index contributed by atoms with van der Waals surface area (Å²) in [5, 5.41) is 0. The Bertz CT molecular complexity index is 1070. The summed E-state index contributed by atoms with van der Waals surface area (Å²) in [6.45, 7) is 1.22. The molecule has 1 aliphatic rings. The lowest BCUT2D eigenvalue weighted by Crippen LogP contribution is -2.39. The molecule has 0 aliphatic carbocycles. The van der Waals surface area contributed by atoms with E-state index in [1.807, 2.05) is 11.0 Å². The van der Waals surface area contributed by atoms with Gasteiger partial charge in [0.15, 0.2) is 0 Å². The lowest BCUT2D eigenvalue weighted by Gasteiger charge is -2.33. The fourth-order valence-corrected chi connectivity index (χ4v) is 4.09. The van der Waals surface area contributed by atoms with Crippen LogP contribution in [0.4, 0.5) is 14.7 Å². The van der Waals surface area contributed by atoms with E-state index in [9.17, 15) is 13.6 Å². The minimum Gasteiger partial charge on any atom is -0.368 e. The van der Waals surface area contributed by atoms with E-state index in [0.29, 0.717) is 31.5 Å². The number of rotatable bonds is 5. The highest BCUT2D eigenvalue weighted by atomic mass is 19.1. The number of nitrogens with two attached hydrogens (primary N) is 1. The number of carbonyl (C=O) groups is 1. The van der Waals surface area contributed by atoms with Crippen molar-refractivity contribution in [3.63, 3.8) is 0 Å². The van der Waals surface area contributed by atoms with Crippen LogP contribution in [0.15, 0.2) is 54.7 Å². The zero-order valence-electron chi connectivity index (χ0n) is 17.1. The summed E-state index contributed by atoms with van der Waals surface area (Å²) in [7, 11) is 0. The van der Waals surface area contributed by atoms with E-state index >= 15 is 0 Å². The zero-order chi connectivity index (χ0) is 21.8. The molecule has 0 bridgehead atoms. The molecule has 31 heavy (non-hydrogen) atoms. The van der Waals surface area contributed by atoms with Crippen LogP contribution >= 0.6 is 0 Å². The maximum absolute atomic E-state index is 13.8. The number of likely N-dealkylation sites (tertiary alicyclic amines) is 1. The Balaban J connectivity index is 1.50. The molecule has 7 heteroatoms. The van der Waals surface area contributed by atoms with Crippen molar-refractivity contribution in [1.82, 2.24) is 14.9 Å². The van der Waals surface area contributed by atoms with Crippen molar-refractivity contribution in [3.05, 3.63) is 77.6 Å². The zero-order valence-corrected chi connectivity index (χ0v) is 17.1. The molecule has 160 valence electrons. The van der Waals surface area contributed by atoms with Crippen LogP contribution in [0.1, 0.15) is 36.4 Å². The van der Waals surface area contributed by atoms with Gasteiger partial charge in [0.05, 0.1) is 5.69 Å². The van der Waals surface area contributed by atoms with Gasteiger partial charge in [0, 0.05) is 37.2 Å². The van der Waals surface area contributed by atoms with Crippen molar-refractivity contribution in [1.29, 1.82) is 0 Å². The monoisotopic (exact) mass is 422 g/mol. The third-order valence-electron chi connectivity index (χ3n) is 5.67. The number of halogens is 2. The number of nitrogens with zero attached hydrogens (tertiary/aromatic N) is 3. The first-order chi connectivity index (χ1) is 15.0. The average Bonchev–Trinajstić information content (AvgIpc) is 2.78. The Kier molecular flexibility index (Phi) is 6.21. The van der Waals surface area contributed by atoms with Gasteiger partial charge >= 0.3 is 0 Å². The third kappa shape index (κ3) is 5.05. The molecule has 0 unspecified atom stereocenters. The molecule has 0 radical (unpaired) electrons. The van der Waals surface area contributed by atoms with Gasteiger partial charge in [0.2, 0.25) is 11.9 Å². The van der Waals surface area contributed by atoms with E-state index in [1.54, 1.807) is 24.4 Å². The van der Waals surface area contributed by atoms with Gasteiger partial charge in [-0.05, 0) is 54.7 Å². The van der Waals surface area contributed by atoms with Gasteiger partial charge in [0.25, 0.3) is 0 Å². The molecule has 1 fully saturated rings. The van der Waals surface area contributed by atoms with E-state index in [4.69, 9.17) is 5.73 Å². The highest BCUT2D eigenvalue weighted by Gasteiger charge is 2.28. The number of hydrogen-bond donors (Lipinski definition) is 1. The van der Waals surface area contributed by atoms with Gasteiger partial charge in [-0.2, -0.15) is 0 Å². The topological polar surface area (TPSA) is 72.1 Å². The smallest absolute Gasteiger partial charge is 0.222 e. The molecule has 0 saturated carbocycles. The molecule has 5 nitrogen and oxygen atoms in total. The van der Waals surface area contributed by atoms with Crippen LogP contribution in [0.25, 0.3) is 11.1 Å². The first-order valence-electron chi connectivity index (χ1n) is 10.4. The predicted octanol–water partition coefficient (Wildman–Crippen LogP) is 4.34. The van der Waals surface area contributed by atoms with Crippen LogP contribution in [0, 0.1) is 11.6 Å². The Morgan fingerprint density at radius 1 is 1.13 bits per heavy atom. The molecular formula is C24H24F2N4O. The molecule has 0 spiro atoms. The van der Waals surface area contributed by atoms with Gasteiger partial charge in [-0.15, -0.1) is 0 Å². The highest BCUT2D eigenvalue weighted by molar-refractivity contribution is 5.77. The molecule has 1 saturated heterocycles. The number of carbonyl (C=O) groups excluding carboxylic acids is 1. The van der Waals surface area contributed by atoms with Gasteiger partial charge in [0.1, 0.15) is 11.6 Å². The molecule has 1 aromatic heterocycles. The molecule has 2 aromatic carbocycles. The quantitative estimate of drug-likeness (QED) is 0.664. The summed E-state index contributed by atoms with van der Waals surface area (Å²) < 4.78 is 26.9. The normalized spacial score (nSPS) is 16.3. The van der Waals surface area contributed by atoms with Gasteiger partial charge in [-0.3, -0.25) is 4.79 Å². The second kappa shape index (κ2) is 9.20. The standard InChI is InChI=1S/C24H24F2N4O/c25-19-9-6-16(7-10-19)8-11-22(31)30-12-2-4-18(15-30)23-21(14-28-24(27)29-23)17-3-1-5-20(26)13-17/h1,3,5-7,9-10,13-14,18H,2,4,8,11-12,15H2,(H2,27,28,29)/t18-/m1/s1. The molecule has 1 aliphatic heterocycles. The number of aromatic nitrogens is 2. The second-order valence-corrected chi connectivity index (χ2v) is 7.84. The van der Waals surface area contributed by atoms with Crippen molar-refractivity contribution >= 4 is 11.9 Å². The first kappa shape index (κ1) is 20.9. The van der Waals surface area contributed by atoms with Crippen LogP contribution in [-0.4, -0.2) is 33.9 Å². The molecule has 1 atom stereocenters. The van der Waals surface area contributed by atoms with E-state index < -0.39 is 0 Å². The molecule has 1 amide bonds. The average molecular weight is 422 g/mol. The van der Waals surface area contributed by atoms with E-state index in [2.05, 4.69) is 9.97 Å². The molecule has 2 N–H and O–H groups in total. The number of anilines is 1. The van der Waals surface area contributed by atoms with Gasteiger partial charge in [-0.1, -0.05) is 24.3 Å². The Morgan fingerprint density at radius 2 is 1.94 bits per heavy atom. The molecule has 2 heterocycles. The SMILES string of the molecule is Nc1ncc(-c2cccc(F)c2)c([C@@H]2CCCN(C(=O)CCc3ccc(F)cc3)C2)n1. The van der Waals surface area contributed by atoms with E-state index in [0.717, 1.165) is 29.7 Å². The van der Waals surface area contributed by atoms with Crippen LogP contribution in [0.2, 0.25) is 0 Å². The third-order valence-corrected chi connectivity index (χ3v) is 5.67. The number of amides is 1. The maximum Gasteiger partial charge on any atom is 0.222 e. The number of nitrogen functional groups attached to an aromatic ring is 1. The summed E-state index contributed by atoms with van der Waals surface area (Å²) >= 11 is 0. The minimum atomic E-state index is -0.332. The Hall–Kier alpha value is -3.35. The van der Waals surface area contributed by atoms with Gasteiger partial charge < -0.3 is 10.6 Å². The second-order valence-electron chi connectivity index (χ2n) is 7.84. The van der Waals surface area contributed by atoms with E-state index in [1.165, 1.54) is 24.3 Å². The summed E-state index contributed by atoms with van der Waals surface area (Å²) in [6.07, 6.45) is 4.26. The van der Waals surface area contributed by atoms with Crippen molar-refractivity contribution < 1.29 is 13.6 Å². The fourth-order valence-electron chi connectivity index (χ4n) is 4.09. The van der Waals surface area contributed by atoms with Crippen LogP contribution in [-0.2, 0) is 11.2 Å². The van der Waals surface area contributed by atoms with Crippen molar-refractivity contribution in [2.24, 2.45) is 0 Å². The first-order valence-corrected chi connectivity index (χ1v) is 10.4. The molecule has 3 aromatic rings. The lowest BCUT2D eigenvalue weighted by molar-refractivity contribution is -0.132. The van der Waals surface area contributed by atoms with Crippen LogP contribution in [0.5, 0.6) is 0 Å². The van der Waals surface area contributed by atoms with Gasteiger partial charge in [-0.25, -0.2) is 18.7 Å².